The zero-order valence-corrected chi connectivity index (χ0v) is 30.8. The number of hydrogen-bond acceptors (Lipinski definition) is 7. The molecule has 0 saturated heterocycles. The fourth-order valence-corrected chi connectivity index (χ4v) is 14.4. The topological polar surface area (TPSA) is 108 Å². The predicted octanol–water partition coefficient (Wildman–Crippen LogP) is 8.16. The number of nitrogens with zero attached hydrogens (tertiary/aromatic N) is 1. The van der Waals surface area contributed by atoms with Gasteiger partial charge in [0.05, 0.1) is 18.0 Å². The average Bonchev–Trinajstić information content (AvgIpc) is 3.90. The molecule has 2 spiro atoms. The lowest BCUT2D eigenvalue weighted by molar-refractivity contribution is -0.174. The zero-order valence-electron chi connectivity index (χ0n) is 29.1. The Hall–Kier alpha value is -3.34. The zero-order chi connectivity index (χ0) is 35.4. The molecule has 6 aliphatic carbocycles. The summed E-state index contributed by atoms with van der Waals surface area (Å²) in [5.74, 6) is 0.187. The summed E-state index contributed by atoms with van der Waals surface area (Å²) in [4.78, 5) is 14.6. The first-order chi connectivity index (χ1) is 24.4. The summed E-state index contributed by atoms with van der Waals surface area (Å²) in [6.45, 7) is 4.58. The van der Waals surface area contributed by atoms with E-state index in [1.54, 1.807) is 29.6 Å². The van der Waals surface area contributed by atoms with Crippen molar-refractivity contribution in [1.29, 1.82) is 0 Å². The van der Waals surface area contributed by atoms with Gasteiger partial charge in [0.15, 0.2) is 5.76 Å². The molecule has 51 heavy (non-hydrogen) atoms. The van der Waals surface area contributed by atoms with Gasteiger partial charge in [0.25, 0.3) is 10.0 Å². The second kappa shape index (κ2) is 11.3. The lowest BCUT2D eigenvalue weighted by atomic mass is 9.32. The molecule has 0 amide bonds. The second-order valence-electron chi connectivity index (χ2n) is 16.5. The first kappa shape index (κ1) is 33.5. The molecule has 8 atom stereocenters. The predicted molar refractivity (Wildman–Crippen MR) is 197 cm³/mol. The molecule has 2 N–H and O–H groups in total. The quantitative estimate of drug-likeness (QED) is 0.140. The highest BCUT2D eigenvalue weighted by molar-refractivity contribution is 7.91. The van der Waals surface area contributed by atoms with Crippen molar-refractivity contribution in [3.05, 3.63) is 113 Å². The molecule has 7 nitrogen and oxygen atoms in total. The first-order valence-electron chi connectivity index (χ1n) is 18.3. The molecule has 0 aliphatic heterocycles. The van der Waals surface area contributed by atoms with E-state index in [1.807, 2.05) is 42.5 Å². The minimum Gasteiger partial charge on any atom is -0.461 e. The summed E-state index contributed by atoms with van der Waals surface area (Å²) in [6, 6.07) is 20.8. The number of aliphatic hydroxyl groups excluding tert-OH is 1. The number of Topliss-reactive ketones (excluding diaryl/α,β-unsaturated/α-hetero) is 1. The van der Waals surface area contributed by atoms with Crippen molar-refractivity contribution >= 4 is 37.9 Å². The molecule has 0 radical (unpaired) electrons. The van der Waals surface area contributed by atoms with Crippen LogP contribution in [0.15, 0.2) is 111 Å². The minimum atomic E-state index is -3.96. The van der Waals surface area contributed by atoms with Gasteiger partial charge in [0, 0.05) is 34.9 Å². The molecule has 4 aromatic rings. The molecule has 3 saturated carbocycles. The maximum Gasteiger partial charge on any atom is 0.252 e. The lowest BCUT2D eigenvalue weighted by Crippen LogP contribution is -2.67. The van der Waals surface area contributed by atoms with Gasteiger partial charge in [-0.2, -0.15) is 4.31 Å². The van der Waals surface area contributed by atoms with E-state index in [2.05, 4.69) is 32.1 Å². The van der Waals surface area contributed by atoms with Crippen LogP contribution >= 0.6 is 11.3 Å². The Morgan fingerprint density at radius 2 is 1.69 bits per heavy atom. The van der Waals surface area contributed by atoms with Crippen LogP contribution in [0.4, 0.5) is 0 Å². The van der Waals surface area contributed by atoms with E-state index >= 15 is 0 Å². The van der Waals surface area contributed by atoms with Crippen LogP contribution in [0.25, 0.3) is 10.8 Å². The number of sulfonamides is 1. The van der Waals surface area contributed by atoms with Gasteiger partial charge in [-0.25, -0.2) is 8.42 Å². The van der Waals surface area contributed by atoms with Crippen LogP contribution in [0, 0.1) is 33.5 Å². The number of fused-ring (bicyclic) bond motifs is 2. The van der Waals surface area contributed by atoms with Gasteiger partial charge in [-0.1, -0.05) is 80.6 Å². The van der Waals surface area contributed by atoms with Crippen LogP contribution in [0.5, 0.6) is 0 Å². The van der Waals surface area contributed by atoms with Crippen molar-refractivity contribution in [2.75, 3.05) is 6.54 Å². The van der Waals surface area contributed by atoms with Crippen LogP contribution in [-0.2, 0) is 16.6 Å². The van der Waals surface area contributed by atoms with Gasteiger partial charge < -0.3 is 14.6 Å². The number of ketones is 1. The van der Waals surface area contributed by atoms with Crippen LogP contribution in [0.2, 0.25) is 0 Å². The van der Waals surface area contributed by atoms with Crippen LogP contribution < -0.4 is 0 Å². The number of allylic oxidation sites excluding steroid dienone is 4. The van der Waals surface area contributed by atoms with Gasteiger partial charge >= 0.3 is 0 Å². The van der Waals surface area contributed by atoms with E-state index in [9.17, 15) is 23.4 Å². The van der Waals surface area contributed by atoms with Crippen LogP contribution in [-0.4, -0.2) is 47.0 Å². The molecule has 8 unspecified atom stereocenters. The van der Waals surface area contributed by atoms with Crippen LogP contribution in [0.3, 0.4) is 0 Å². The van der Waals surface area contributed by atoms with Crippen molar-refractivity contribution in [2.24, 2.45) is 33.5 Å². The molecular weight excluding hydrogens is 679 g/mol. The van der Waals surface area contributed by atoms with Gasteiger partial charge in [-0.05, 0) is 102 Å². The summed E-state index contributed by atoms with van der Waals surface area (Å²) in [7, 11) is -3.96. The Kier molecular flexibility index (Phi) is 7.44. The van der Waals surface area contributed by atoms with Crippen molar-refractivity contribution < 1.29 is 27.8 Å². The van der Waals surface area contributed by atoms with E-state index in [4.69, 9.17) is 4.42 Å². The number of furan rings is 1. The first-order valence-corrected chi connectivity index (χ1v) is 20.6. The Bertz CT molecular complexity index is 2190. The number of aliphatic hydroxyl groups is 2. The van der Waals surface area contributed by atoms with E-state index < -0.39 is 38.0 Å². The van der Waals surface area contributed by atoms with Crippen molar-refractivity contribution in [3.8, 4) is 0 Å². The summed E-state index contributed by atoms with van der Waals surface area (Å²) in [6.07, 6.45) is 12.6. The van der Waals surface area contributed by atoms with Crippen LogP contribution in [0.1, 0.15) is 74.9 Å². The molecule has 6 aliphatic rings. The summed E-state index contributed by atoms with van der Waals surface area (Å²) < 4.78 is 36.5. The third-order valence-corrected chi connectivity index (χ3v) is 17.6. The highest BCUT2D eigenvalue weighted by Gasteiger charge is 2.74. The average molecular weight is 724 g/mol. The Morgan fingerprint density at radius 3 is 2.47 bits per heavy atom. The fraction of sp³-hybridized carbons (Fsp3) is 0.452. The molecular formula is C42H45NO6S2. The fourth-order valence-electron chi connectivity index (χ4n) is 11.8. The monoisotopic (exact) mass is 723 g/mol. The molecule has 10 rings (SSSR count). The minimum absolute atomic E-state index is 0.0491. The third-order valence-electron chi connectivity index (χ3n) is 14.5. The number of rotatable bonds is 8. The van der Waals surface area contributed by atoms with Crippen molar-refractivity contribution in [1.82, 2.24) is 4.31 Å². The lowest BCUT2D eigenvalue weighted by Gasteiger charge is -2.71. The summed E-state index contributed by atoms with van der Waals surface area (Å²) in [5.41, 5.74) is -1.71. The Morgan fingerprint density at radius 1 is 0.922 bits per heavy atom. The Balaban J connectivity index is 1.15. The number of hydrogen-bond donors (Lipinski definition) is 2. The van der Waals surface area contributed by atoms with Crippen molar-refractivity contribution in [3.63, 3.8) is 0 Å². The standard InChI is InChI=1S/C42H45NO6S2/c1-38-17-14-30(44)24-40(38)20-21-42(32(25-40)37(45)33-12-6-22-49-33)34(38)15-18-39(2)35(42)16-19-41(39,46)27-43(51(47,48)36-13-7-23-50-36)26-29-10-5-9-28-8-3-4-11-31(28)29/h3-13,20-23,25,30,34-35,44,46H,14-19,24,26-27H2,1-2H3. The maximum absolute atomic E-state index is 14.6. The Labute approximate surface area is 303 Å². The number of thiophene rings is 1. The van der Waals surface area contributed by atoms with Gasteiger partial charge in [-0.3, -0.25) is 4.79 Å². The van der Waals surface area contributed by atoms with E-state index in [0.717, 1.165) is 41.2 Å². The maximum atomic E-state index is 14.6. The number of benzene rings is 2. The largest absolute Gasteiger partial charge is 0.461 e. The molecule has 2 heterocycles. The van der Waals surface area contributed by atoms with E-state index in [0.29, 0.717) is 31.4 Å². The molecule has 2 aromatic heterocycles. The highest BCUT2D eigenvalue weighted by atomic mass is 32.2. The van der Waals surface area contributed by atoms with Gasteiger partial charge in [0.1, 0.15) is 4.21 Å². The SMILES string of the molecule is CC12CCC(O)CC13C=CC1(C(C(=O)c4ccco4)=C3)C2CCC2(C)C1CCC2(O)CN(Cc1cccc2ccccc12)S(=O)(=O)c1cccs1. The highest BCUT2D eigenvalue weighted by Crippen LogP contribution is 2.78. The van der Waals surface area contributed by atoms with Gasteiger partial charge in [-0.15, -0.1) is 11.3 Å². The molecule has 9 heteroatoms. The molecule has 2 bridgehead atoms. The summed E-state index contributed by atoms with van der Waals surface area (Å²) >= 11 is 1.19. The van der Waals surface area contributed by atoms with E-state index in [1.165, 1.54) is 21.9 Å². The van der Waals surface area contributed by atoms with Gasteiger partial charge in [0.2, 0.25) is 5.78 Å². The molecule has 2 aromatic carbocycles. The van der Waals surface area contributed by atoms with E-state index in [-0.39, 0.29) is 40.3 Å². The second-order valence-corrected chi connectivity index (χ2v) is 19.6. The smallest absolute Gasteiger partial charge is 0.252 e. The number of carbonyl (C=O) groups excluding carboxylic acids is 1. The summed E-state index contributed by atoms with van der Waals surface area (Å²) in [5, 5.41) is 27.9. The molecule has 266 valence electrons. The normalized spacial score (nSPS) is 36.9. The third kappa shape index (κ3) is 4.51. The number of carbonyl (C=O) groups is 1. The molecule has 3 fully saturated rings. The van der Waals surface area contributed by atoms with Crippen molar-refractivity contribution in [2.45, 2.75) is 81.3 Å².